The Labute approximate surface area is 154 Å². The van der Waals surface area contributed by atoms with Crippen molar-refractivity contribution < 1.29 is 23.7 Å². The number of hydrogen-bond donors (Lipinski definition) is 1. The zero-order valence-corrected chi connectivity index (χ0v) is 15.8. The van der Waals surface area contributed by atoms with Gasteiger partial charge in [0.1, 0.15) is 0 Å². The molecule has 0 bridgehead atoms. The average Bonchev–Trinajstić information content (AvgIpc) is 2.67. The number of methoxy groups -OCH3 is 4. The highest BCUT2D eigenvalue weighted by molar-refractivity contribution is 5.73. The number of amides is 1. The van der Waals surface area contributed by atoms with Crippen LogP contribution in [0.4, 0.5) is 0 Å². The fourth-order valence-corrected chi connectivity index (χ4v) is 2.81. The fourth-order valence-electron chi connectivity index (χ4n) is 2.81. The SMILES string of the molecule is COc1ccc(C(CNC(C)=O)c2ccc(OC)c(OC)c2)cc1OC. The Morgan fingerprint density at radius 3 is 1.58 bits per heavy atom. The van der Waals surface area contributed by atoms with Crippen LogP contribution in [0.25, 0.3) is 0 Å². The lowest BCUT2D eigenvalue weighted by Gasteiger charge is -2.21. The minimum atomic E-state index is -0.0871. The lowest BCUT2D eigenvalue weighted by atomic mass is 9.90. The van der Waals surface area contributed by atoms with Gasteiger partial charge in [0.15, 0.2) is 23.0 Å². The van der Waals surface area contributed by atoms with Gasteiger partial charge in [-0.2, -0.15) is 0 Å². The number of rotatable bonds is 8. The highest BCUT2D eigenvalue weighted by atomic mass is 16.5. The second-order valence-corrected chi connectivity index (χ2v) is 5.72. The largest absolute Gasteiger partial charge is 0.493 e. The molecule has 0 radical (unpaired) electrons. The van der Waals surface area contributed by atoms with Crippen LogP contribution >= 0.6 is 0 Å². The molecule has 0 atom stereocenters. The summed E-state index contributed by atoms with van der Waals surface area (Å²) < 4.78 is 21.4. The summed E-state index contributed by atoms with van der Waals surface area (Å²) in [7, 11) is 6.39. The number of nitrogens with one attached hydrogen (secondary N) is 1. The maximum absolute atomic E-state index is 11.5. The molecule has 26 heavy (non-hydrogen) atoms. The van der Waals surface area contributed by atoms with Crippen LogP contribution in [0.3, 0.4) is 0 Å². The van der Waals surface area contributed by atoms with E-state index in [2.05, 4.69) is 5.32 Å². The Morgan fingerprint density at radius 1 is 0.808 bits per heavy atom. The quantitative estimate of drug-likeness (QED) is 0.785. The summed E-state index contributed by atoms with van der Waals surface area (Å²) in [6.07, 6.45) is 0. The zero-order chi connectivity index (χ0) is 19.1. The van der Waals surface area contributed by atoms with Gasteiger partial charge in [0.05, 0.1) is 28.4 Å². The Kier molecular flexibility index (Phi) is 6.72. The van der Waals surface area contributed by atoms with Gasteiger partial charge in [-0.25, -0.2) is 0 Å². The number of carbonyl (C=O) groups is 1. The molecule has 1 amide bonds. The molecular formula is C20H25NO5. The zero-order valence-electron chi connectivity index (χ0n) is 15.8. The van der Waals surface area contributed by atoms with Crippen LogP contribution in [0.1, 0.15) is 24.0 Å². The van der Waals surface area contributed by atoms with Gasteiger partial charge in [0.2, 0.25) is 5.91 Å². The standard InChI is InChI=1S/C20H25NO5/c1-13(22)21-12-16(14-6-8-17(23-2)19(10-14)25-4)15-7-9-18(24-3)20(11-15)26-5/h6-11,16H,12H2,1-5H3,(H,21,22). The van der Waals surface area contributed by atoms with Crippen LogP contribution in [0.5, 0.6) is 23.0 Å². The summed E-state index contributed by atoms with van der Waals surface area (Å²) in [6, 6.07) is 11.5. The summed E-state index contributed by atoms with van der Waals surface area (Å²) in [4.78, 5) is 11.5. The molecule has 0 saturated carbocycles. The molecular weight excluding hydrogens is 334 g/mol. The summed E-state index contributed by atoms with van der Waals surface area (Å²) in [6.45, 7) is 1.95. The number of ether oxygens (including phenoxy) is 4. The van der Waals surface area contributed by atoms with Gasteiger partial charge in [-0.15, -0.1) is 0 Å². The first-order chi connectivity index (χ1) is 12.5. The lowest BCUT2D eigenvalue weighted by Crippen LogP contribution is -2.26. The first-order valence-corrected chi connectivity index (χ1v) is 8.22. The predicted molar refractivity (Wildman–Crippen MR) is 99.6 cm³/mol. The molecule has 6 nitrogen and oxygen atoms in total. The molecule has 1 N–H and O–H groups in total. The lowest BCUT2D eigenvalue weighted by molar-refractivity contribution is -0.118. The number of benzene rings is 2. The van der Waals surface area contributed by atoms with Crippen molar-refractivity contribution in [1.82, 2.24) is 5.32 Å². The fraction of sp³-hybridized carbons (Fsp3) is 0.350. The van der Waals surface area contributed by atoms with E-state index < -0.39 is 0 Å². The van der Waals surface area contributed by atoms with E-state index in [0.717, 1.165) is 11.1 Å². The molecule has 0 aliphatic heterocycles. The minimum absolute atomic E-state index is 0.0847. The van der Waals surface area contributed by atoms with E-state index in [1.165, 1.54) is 6.92 Å². The molecule has 0 fully saturated rings. The summed E-state index contributed by atoms with van der Waals surface area (Å²) in [5.74, 6) is 2.41. The van der Waals surface area contributed by atoms with Crippen molar-refractivity contribution in [2.75, 3.05) is 35.0 Å². The van der Waals surface area contributed by atoms with E-state index in [-0.39, 0.29) is 11.8 Å². The summed E-state index contributed by atoms with van der Waals surface area (Å²) in [5, 5.41) is 2.89. The molecule has 0 heterocycles. The van der Waals surface area contributed by atoms with E-state index in [4.69, 9.17) is 18.9 Å². The van der Waals surface area contributed by atoms with Crippen LogP contribution in [0.2, 0.25) is 0 Å². The topological polar surface area (TPSA) is 66.0 Å². The second kappa shape index (κ2) is 8.99. The Bertz CT molecular complexity index is 704. The highest BCUT2D eigenvalue weighted by Gasteiger charge is 2.19. The van der Waals surface area contributed by atoms with Crippen molar-refractivity contribution in [2.45, 2.75) is 12.8 Å². The van der Waals surface area contributed by atoms with E-state index in [1.807, 2.05) is 36.4 Å². The highest BCUT2D eigenvalue weighted by Crippen LogP contribution is 2.36. The Balaban J connectivity index is 2.48. The monoisotopic (exact) mass is 359 g/mol. The molecule has 2 rings (SSSR count). The molecule has 0 saturated heterocycles. The molecule has 0 spiro atoms. The predicted octanol–water partition coefficient (Wildman–Crippen LogP) is 2.99. The van der Waals surface area contributed by atoms with Crippen LogP contribution in [0, 0.1) is 0 Å². The van der Waals surface area contributed by atoms with Gasteiger partial charge in [-0.1, -0.05) is 12.1 Å². The van der Waals surface area contributed by atoms with Crippen LogP contribution < -0.4 is 24.3 Å². The van der Waals surface area contributed by atoms with Crippen molar-refractivity contribution in [1.29, 1.82) is 0 Å². The van der Waals surface area contributed by atoms with Crippen LogP contribution in [-0.4, -0.2) is 40.9 Å². The van der Waals surface area contributed by atoms with Gasteiger partial charge >= 0.3 is 0 Å². The van der Waals surface area contributed by atoms with E-state index >= 15 is 0 Å². The van der Waals surface area contributed by atoms with E-state index in [9.17, 15) is 4.79 Å². The van der Waals surface area contributed by atoms with Crippen molar-refractivity contribution in [3.05, 3.63) is 47.5 Å². The second-order valence-electron chi connectivity index (χ2n) is 5.72. The van der Waals surface area contributed by atoms with E-state index in [0.29, 0.717) is 29.5 Å². The number of carbonyl (C=O) groups excluding carboxylic acids is 1. The van der Waals surface area contributed by atoms with E-state index in [1.54, 1.807) is 28.4 Å². The van der Waals surface area contributed by atoms with Crippen molar-refractivity contribution in [2.24, 2.45) is 0 Å². The third-order valence-electron chi connectivity index (χ3n) is 4.18. The van der Waals surface area contributed by atoms with Gasteiger partial charge in [0, 0.05) is 19.4 Å². The number of hydrogen-bond acceptors (Lipinski definition) is 5. The Hall–Kier alpha value is -2.89. The molecule has 140 valence electrons. The van der Waals surface area contributed by atoms with Gasteiger partial charge in [0.25, 0.3) is 0 Å². The van der Waals surface area contributed by atoms with Crippen molar-refractivity contribution in [3.63, 3.8) is 0 Å². The van der Waals surface area contributed by atoms with Crippen molar-refractivity contribution in [3.8, 4) is 23.0 Å². The van der Waals surface area contributed by atoms with Gasteiger partial charge < -0.3 is 24.3 Å². The summed E-state index contributed by atoms with van der Waals surface area (Å²) in [5.41, 5.74) is 1.98. The molecule has 2 aromatic carbocycles. The molecule has 2 aromatic rings. The molecule has 0 aromatic heterocycles. The Morgan fingerprint density at radius 2 is 1.23 bits per heavy atom. The van der Waals surface area contributed by atoms with Gasteiger partial charge in [-0.3, -0.25) is 4.79 Å². The van der Waals surface area contributed by atoms with Crippen molar-refractivity contribution >= 4 is 5.91 Å². The third-order valence-corrected chi connectivity index (χ3v) is 4.18. The normalized spacial score (nSPS) is 10.4. The first-order valence-electron chi connectivity index (χ1n) is 8.22. The maximum Gasteiger partial charge on any atom is 0.216 e. The summed E-state index contributed by atoms with van der Waals surface area (Å²) >= 11 is 0. The first kappa shape index (κ1) is 19.4. The molecule has 0 aliphatic carbocycles. The van der Waals surface area contributed by atoms with Crippen LogP contribution in [-0.2, 0) is 4.79 Å². The average molecular weight is 359 g/mol. The van der Waals surface area contributed by atoms with Gasteiger partial charge in [-0.05, 0) is 35.4 Å². The minimum Gasteiger partial charge on any atom is -0.493 e. The molecule has 0 aliphatic rings. The molecule has 6 heteroatoms. The molecule has 0 unspecified atom stereocenters. The smallest absolute Gasteiger partial charge is 0.216 e. The van der Waals surface area contributed by atoms with Crippen LogP contribution in [0.15, 0.2) is 36.4 Å². The maximum atomic E-state index is 11.5. The third kappa shape index (κ3) is 4.39.